The summed E-state index contributed by atoms with van der Waals surface area (Å²) in [7, 11) is 1.87. The highest BCUT2D eigenvalue weighted by atomic mass is 32.1. The second kappa shape index (κ2) is 4.98. The molecule has 20 heavy (non-hydrogen) atoms. The van der Waals surface area contributed by atoms with Gasteiger partial charge in [0.25, 0.3) is 5.91 Å². The smallest absolute Gasteiger partial charge is 0.271 e. The lowest BCUT2D eigenvalue weighted by molar-refractivity contribution is 0.0647. The Labute approximate surface area is 122 Å². The lowest BCUT2D eigenvalue weighted by Crippen LogP contribution is -2.40. The van der Waals surface area contributed by atoms with E-state index in [1.54, 1.807) is 23.6 Å². The topological polar surface area (TPSA) is 51.3 Å². The van der Waals surface area contributed by atoms with Gasteiger partial charge in [-0.15, -0.1) is 11.3 Å². The van der Waals surface area contributed by atoms with E-state index in [-0.39, 0.29) is 11.9 Å². The van der Waals surface area contributed by atoms with E-state index in [2.05, 4.69) is 18.4 Å². The molecule has 2 aromatic rings. The first-order valence-electron chi connectivity index (χ1n) is 6.91. The maximum absolute atomic E-state index is 12.8. The summed E-state index contributed by atoms with van der Waals surface area (Å²) < 4.78 is 1.81. The van der Waals surface area contributed by atoms with Gasteiger partial charge in [-0.3, -0.25) is 4.79 Å². The molecule has 1 unspecified atom stereocenters. The van der Waals surface area contributed by atoms with E-state index in [1.807, 2.05) is 16.5 Å². The summed E-state index contributed by atoms with van der Waals surface area (Å²) >= 11 is 1.80. The molecular weight excluding hydrogens is 270 g/mol. The highest BCUT2D eigenvalue weighted by molar-refractivity contribution is 7.10. The molecule has 4 nitrogen and oxygen atoms in total. The van der Waals surface area contributed by atoms with Crippen LogP contribution in [0.5, 0.6) is 0 Å². The van der Waals surface area contributed by atoms with Crippen LogP contribution in [-0.2, 0) is 13.5 Å². The first-order chi connectivity index (χ1) is 9.61. The number of nitrogens with zero attached hydrogens (tertiary/aromatic N) is 2. The number of anilines is 1. The van der Waals surface area contributed by atoms with Crippen LogP contribution in [0.3, 0.4) is 0 Å². The van der Waals surface area contributed by atoms with Crippen molar-refractivity contribution in [1.29, 1.82) is 0 Å². The SMILES string of the molecule is CCC1c2ccsc2CCN1C(=O)c1cc(N)cn1C. The molecular formula is C15H19N3OS. The van der Waals surface area contributed by atoms with Gasteiger partial charge in [-0.25, -0.2) is 0 Å². The van der Waals surface area contributed by atoms with E-state index in [1.165, 1.54) is 10.4 Å². The molecule has 2 N–H and O–H groups in total. The van der Waals surface area contributed by atoms with Crippen LogP contribution < -0.4 is 5.73 Å². The molecule has 0 aromatic carbocycles. The van der Waals surface area contributed by atoms with E-state index >= 15 is 0 Å². The van der Waals surface area contributed by atoms with E-state index in [0.29, 0.717) is 11.4 Å². The summed E-state index contributed by atoms with van der Waals surface area (Å²) in [6.07, 6.45) is 3.68. The van der Waals surface area contributed by atoms with Crippen molar-refractivity contribution in [2.45, 2.75) is 25.8 Å². The highest BCUT2D eigenvalue weighted by Gasteiger charge is 2.31. The van der Waals surface area contributed by atoms with E-state index in [9.17, 15) is 4.79 Å². The van der Waals surface area contributed by atoms with Gasteiger partial charge in [0.15, 0.2) is 0 Å². The molecule has 1 aliphatic heterocycles. The molecule has 1 atom stereocenters. The Kier molecular flexibility index (Phi) is 3.30. The molecule has 2 aromatic heterocycles. The maximum atomic E-state index is 12.8. The van der Waals surface area contributed by atoms with Crippen LogP contribution in [0.15, 0.2) is 23.7 Å². The fourth-order valence-corrected chi connectivity index (χ4v) is 3.96. The number of carbonyl (C=O) groups is 1. The number of fused-ring (bicyclic) bond motifs is 1. The summed E-state index contributed by atoms with van der Waals surface area (Å²) in [6, 6.07) is 4.11. The first-order valence-corrected chi connectivity index (χ1v) is 7.78. The second-order valence-corrected chi connectivity index (χ2v) is 6.24. The number of thiophene rings is 1. The zero-order valence-corrected chi connectivity index (χ0v) is 12.6. The van der Waals surface area contributed by atoms with Crippen molar-refractivity contribution < 1.29 is 4.79 Å². The molecule has 0 radical (unpaired) electrons. The molecule has 0 aliphatic carbocycles. The van der Waals surface area contributed by atoms with Gasteiger partial charge in [-0.1, -0.05) is 6.92 Å². The largest absolute Gasteiger partial charge is 0.397 e. The monoisotopic (exact) mass is 289 g/mol. The van der Waals surface area contributed by atoms with Crippen molar-refractivity contribution in [1.82, 2.24) is 9.47 Å². The third-order valence-electron chi connectivity index (χ3n) is 3.99. The Morgan fingerprint density at radius 3 is 3.00 bits per heavy atom. The molecule has 3 rings (SSSR count). The number of amides is 1. The van der Waals surface area contributed by atoms with Gasteiger partial charge < -0.3 is 15.2 Å². The van der Waals surface area contributed by atoms with Crippen LogP contribution in [0, 0.1) is 0 Å². The van der Waals surface area contributed by atoms with Gasteiger partial charge in [0.05, 0.1) is 11.7 Å². The fourth-order valence-electron chi connectivity index (χ4n) is 3.03. The molecule has 0 fully saturated rings. The van der Waals surface area contributed by atoms with Crippen LogP contribution in [0.4, 0.5) is 5.69 Å². The maximum Gasteiger partial charge on any atom is 0.271 e. The number of rotatable bonds is 2. The van der Waals surface area contributed by atoms with Gasteiger partial charge in [0.2, 0.25) is 0 Å². The lowest BCUT2D eigenvalue weighted by Gasteiger charge is -2.35. The number of hydrogen-bond donors (Lipinski definition) is 1. The second-order valence-electron chi connectivity index (χ2n) is 5.24. The lowest BCUT2D eigenvalue weighted by atomic mass is 9.97. The van der Waals surface area contributed by atoms with Crippen LogP contribution in [-0.4, -0.2) is 21.9 Å². The number of hydrogen-bond acceptors (Lipinski definition) is 3. The molecule has 0 bridgehead atoms. The number of nitrogen functional groups attached to an aromatic ring is 1. The normalized spacial score (nSPS) is 18.1. The van der Waals surface area contributed by atoms with Gasteiger partial charge in [0, 0.05) is 24.7 Å². The fraction of sp³-hybridized carbons (Fsp3) is 0.400. The van der Waals surface area contributed by atoms with Crippen molar-refractivity contribution in [3.05, 3.63) is 39.8 Å². The van der Waals surface area contributed by atoms with Crippen molar-refractivity contribution in [2.75, 3.05) is 12.3 Å². The Morgan fingerprint density at radius 1 is 1.55 bits per heavy atom. The molecule has 0 saturated carbocycles. The van der Waals surface area contributed by atoms with Crippen molar-refractivity contribution in [3.8, 4) is 0 Å². The Hall–Kier alpha value is -1.75. The summed E-state index contributed by atoms with van der Waals surface area (Å²) in [5.41, 5.74) is 8.41. The summed E-state index contributed by atoms with van der Waals surface area (Å²) in [4.78, 5) is 16.2. The number of nitrogens with two attached hydrogens (primary N) is 1. The zero-order valence-electron chi connectivity index (χ0n) is 11.8. The minimum atomic E-state index is 0.0768. The Balaban J connectivity index is 1.94. The van der Waals surface area contributed by atoms with E-state index in [4.69, 9.17) is 5.73 Å². The highest BCUT2D eigenvalue weighted by Crippen LogP contribution is 2.36. The molecule has 106 valence electrons. The van der Waals surface area contributed by atoms with Crippen LogP contribution in [0.25, 0.3) is 0 Å². The average molecular weight is 289 g/mol. The summed E-state index contributed by atoms with van der Waals surface area (Å²) in [5, 5.41) is 2.13. The minimum Gasteiger partial charge on any atom is -0.397 e. The number of carbonyl (C=O) groups excluding carboxylic acids is 1. The molecule has 3 heterocycles. The van der Waals surface area contributed by atoms with Gasteiger partial charge in [0.1, 0.15) is 5.69 Å². The Bertz CT molecular complexity index is 643. The predicted molar refractivity (Wildman–Crippen MR) is 81.9 cm³/mol. The predicted octanol–water partition coefficient (Wildman–Crippen LogP) is 2.82. The standard InChI is InChI=1S/C15H19N3OS/c1-3-12-11-5-7-20-14(11)4-6-18(12)15(19)13-8-10(16)9-17(13)2/h5,7-9,12H,3-4,6,16H2,1-2H3. The van der Waals surface area contributed by atoms with Gasteiger partial charge >= 0.3 is 0 Å². The van der Waals surface area contributed by atoms with E-state index < -0.39 is 0 Å². The first kappa shape index (κ1) is 13.2. The van der Waals surface area contributed by atoms with E-state index in [0.717, 1.165) is 19.4 Å². The summed E-state index contributed by atoms with van der Waals surface area (Å²) in [5.74, 6) is 0.0768. The van der Waals surface area contributed by atoms with Crippen molar-refractivity contribution >= 4 is 22.9 Å². The number of aryl methyl sites for hydroxylation is 1. The molecule has 1 aliphatic rings. The third-order valence-corrected chi connectivity index (χ3v) is 4.98. The quantitative estimate of drug-likeness (QED) is 0.924. The minimum absolute atomic E-state index is 0.0768. The van der Waals surface area contributed by atoms with Gasteiger partial charge in [-0.05, 0) is 35.9 Å². The third kappa shape index (κ3) is 2.02. The van der Waals surface area contributed by atoms with Gasteiger partial charge in [-0.2, -0.15) is 0 Å². The van der Waals surface area contributed by atoms with Crippen LogP contribution in [0.1, 0.15) is 40.3 Å². The van der Waals surface area contributed by atoms with Crippen molar-refractivity contribution in [3.63, 3.8) is 0 Å². The van der Waals surface area contributed by atoms with Crippen LogP contribution in [0.2, 0.25) is 0 Å². The molecule has 0 spiro atoms. The van der Waals surface area contributed by atoms with Crippen LogP contribution >= 0.6 is 11.3 Å². The number of aromatic nitrogens is 1. The zero-order chi connectivity index (χ0) is 14.3. The van der Waals surface area contributed by atoms with Crippen molar-refractivity contribution in [2.24, 2.45) is 7.05 Å². The summed E-state index contributed by atoms with van der Waals surface area (Å²) in [6.45, 7) is 2.92. The average Bonchev–Trinajstić information content (AvgIpc) is 3.02. The molecule has 1 amide bonds. The molecule has 5 heteroatoms. The molecule has 0 saturated heterocycles. The Morgan fingerprint density at radius 2 is 2.35 bits per heavy atom.